The topological polar surface area (TPSA) is 43.8 Å². The first-order valence-electron chi connectivity index (χ1n) is 8.46. The molecule has 0 radical (unpaired) electrons. The van der Waals surface area contributed by atoms with Gasteiger partial charge in [-0.3, -0.25) is 0 Å². The van der Waals surface area contributed by atoms with E-state index in [1.54, 1.807) is 0 Å². The van der Waals surface area contributed by atoms with Crippen LogP contribution in [-0.4, -0.2) is 15.6 Å². The lowest BCUT2D eigenvalue weighted by Gasteiger charge is -2.27. The van der Waals surface area contributed by atoms with Gasteiger partial charge in [0.2, 0.25) is 0 Å². The molecule has 2 N–H and O–H groups in total. The normalized spacial score (nSPS) is 29.3. The van der Waals surface area contributed by atoms with Crippen LogP contribution < -0.4 is 5.73 Å². The van der Waals surface area contributed by atoms with Gasteiger partial charge in [-0.25, -0.2) is 4.98 Å². The SMILES string of the molecule is CCn1c(CC(N)C2CC3CCC2C3)nc2ccccc21. The molecule has 1 aromatic carbocycles. The summed E-state index contributed by atoms with van der Waals surface area (Å²) in [5.74, 6) is 3.77. The molecule has 0 amide bonds. The predicted molar refractivity (Wildman–Crippen MR) is 86.0 cm³/mol. The Balaban J connectivity index is 1.59. The van der Waals surface area contributed by atoms with Crippen LogP contribution in [0.5, 0.6) is 0 Å². The molecule has 1 aromatic heterocycles. The van der Waals surface area contributed by atoms with Gasteiger partial charge in [0.1, 0.15) is 5.82 Å². The average Bonchev–Trinajstić information content (AvgIpc) is 3.20. The molecule has 21 heavy (non-hydrogen) atoms. The Kier molecular flexibility index (Phi) is 3.26. The summed E-state index contributed by atoms with van der Waals surface area (Å²) >= 11 is 0. The van der Waals surface area contributed by atoms with Crippen molar-refractivity contribution in [1.29, 1.82) is 0 Å². The minimum absolute atomic E-state index is 0.280. The fourth-order valence-corrected chi connectivity index (χ4v) is 4.81. The Morgan fingerprint density at radius 1 is 1.29 bits per heavy atom. The van der Waals surface area contributed by atoms with Crippen LogP contribution in [0, 0.1) is 17.8 Å². The number of imidazole rings is 1. The van der Waals surface area contributed by atoms with E-state index in [1.165, 1.54) is 37.0 Å². The number of aromatic nitrogens is 2. The van der Waals surface area contributed by atoms with Gasteiger partial charge in [0.05, 0.1) is 11.0 Å². The number of para-hydroxylation sites is 2. The van der Waals surface area contributed by atoms with E-state index in [0.29, 0.717) is 0 Å². The Morgan fingerprint density at radius 3 is 2.86 bits per heavy atom. The molecule has 0 spiro atoms. The number of rotatable bonds is 4. The highest BCUT2D eigenvalue weighted by Crippen LogP contribution is 2.49. The van der Waals surface area contributed by atoms with Crippen LogP contribution in [0.25, 0.3) is 11.0 Å². The summed E-state index contributed by atoms with van der Waals surface area (Å²) in [5, 5.41) is 0. The van der Waals surface area contributed by atoms with Crippen molar-refractivity contribution in [2.24, 2.45) is 23.5 Å². The Labute approximate surface area is 126 Å². The van der Waals surface area contributed by atoms with Crippen LogP contribution in [0.4, 0.5) is 0 Å². The van der Waals surface area contributed by atoms with E-state index in [4.69, 9.17) is 10.7 Å². The Bertz CT molecular complexity index is 645. The van der Waals surface area contributed by atoms with Crippen molar-refractivity contribution in [3.63, 3.8) is 0 Å². The third-order valence-corrected chi connectivity index (χ3v) is 5.81. The van der Waals surface area contributed by atoms with E-state index < -0.39 is 0 Å². The summed E-state index contributed by atoms with van der Waals surface area (Å²) in [5.41, 5.74) is 8.94. The van der Waals surface area contributed by atoms with Gasteiger partial charge in [-0.1, -0.05) is 18.6 Å². The fourth-order valence-electron chi connectivity index (χ4n) is 4.81. The van der Waals surface area contributed by atoms with Gasteiger partial charge in [-0.05, 0) is 56.1 Å². The minimum atomic E-state index is 0.280. The molecule has 0 aliphatic heterocycles. The number of nitrogens with two attached hydrogens (primary N) is 1. The summed E-state index contributed by atoms with van der Waals surface area (Å²) in [6.07, 6.45) is 6.58. The molecule has 4 atom stereocenters. The Hall–Kier alpha value is -1.35. The first kappa shape index (κ1) is 13.3. The molecule has 2 aromatic rings. The lowest BCUT2D eigenvalue weighted by molar-refractivity contribution is 0.277. The quantitative estimate of drug-likeness (QED) is 0.935. The molecule has 3 nitrogen and oxygen atoms in total. The molecular formula is C18H25N3. The highest BCUT2D eigenvalue weighted by Gasteiger charge is 2.42. The van der Waals surface area contributed by atoms with E-state index in [0.717, 1.165) is 36.2 Å². The number of hydrogen-bond donors (Lipinski definition) is 1. The van der Waals surface area contributed by atoms with Crippen LogP contribution in [0.2, 0.25) is 0 Å². The van der Waals surface area contributed by atoms with Gasteiger partial charge in [0.15, 0.2) is 0 Å². The van der Waals surface area contributed by atoms with Crippen molar-refractivity contribution in [1.82, 2.24) is 9.55 Å². The first-order chi connectivity index (χ1) is 10.3. The lowest BCUT2D eigenvalue weighted by Crippen LogP contribution is -2.36. The van der Waals surface area contributed by atoms with Crippen molar-refractivity contribution in [3.8, 4) is 0 Å². The zero-order chi connectivity index (χ0) is 14.4. The molecule has 2 saturated carbocycles. The molecule has 4 unspecified atom stereocenters. The Morgan fingerprint density at radius 2 is 2.14 bits per heavy atom. The highest BCUT2D eigenvalue weighted by atomic mass is 15.1. The summed E-state index contributed by atoms with van der Waals surface area (Å²) in [6.45, 7) is 3.17. The van der Waals surface area contributed by atoms with E-state index in [9.17, 15) is 0 Å². The number of hydrogen-bond acceptors (Lipinski definition) is 2. The van der Waals surface area contributed by atoms with Crippen molar-refractivity contribution in [3.05, 3.63) is 30.1 Å². The van der Waals surface area contributed by atoms with E-state index in [2.05, 4.69) is 35.8 Å². The number of aryl methyl sites for hydroxylation is 1. The zero-order valence-corrected chi connectivity index (χ0v) is 12.8. The number of nitrogens with zero attached hydrogens (tertiary/aromatic N) is 2. The maximum atomic E-state index is 6.59. The third-order valence-electron chi connectivity index (χ3n) is 5.81. The highest BCUT2D eigenvalue weighted by molar-refractivity contribution is 5.75. The second-order valence-corrected chi connectivity index (χ2v) is 6.97. The number of fused-ring (bicyclic) bond motifs is 3. The van der Waals surface area contributed by atoms with E-state index in [1.807, 2.05) is 0 Å². The average molecular weight is 283 g/mol. The molecule has 4 rings (SSSR count). The fraction of sp³-hybridized carbons (Fsp3) is 0.611. The van der Waals surface area contributed by atoms with Crippen LogP contribution in [0.1, 0.15) is 38.4 Å². The van der Waals surface area contributed by atoms with Gasteiger partial charge in [-0.15, -0.1) is 0 Å². The van der Waals surface area contributed by atoms with Crippen LogP contribution in [0.15, 0.2) is 24.3 Å². The molecule has 2 aliphatic rings. The number of benzene rings is 1. The van der Waals surface area contributed by atoms with Crippen molar-refractivity contribution >= 4 is 11.0 Å². The largest absolute Gasteiger partial charge is 0.328 e. The molecule has 3 heteroatoms. The molecular weight excluding hydrogens is 258 g/mol. The summed E-state index contributed by atoms with van der Waals surface area (Å²) in [4.78, 5) is 4.84. The molecule has 112 valence electrons. The molecule has 2 fully saturated rings. The lowest BCUT2D eigenvalue weighted by atomic mass is 9.82. The van der Waals surface area contributed by atoms with Gasteiger partial charge in [0, 0.05) is 19.0 Å². The summed E-state index contributed by atoms with van der Waals surface area (Å²) in [7, 11) is 0. The van der Waals surface area contributed by atoms with Gasteiger partial charge < -0.3 is 10.3 Å². The van der Waals surface area contributed by atoms with Crippen molar-refractivity contribution < 1.29 is 0 Å². The van der Waals surface area contributed by atoms with Crippen LogP contribution in [0.3, 0.4) is 0 Å². The van der Waals surface area contributed by atoms with Gasteiger partial charge in [0.25, 0.3) is 0 Å². The second-order valence-electron chi connectivity index (χ2n) is 6.97. The first-order valence-corrected chi connectivity index (χ1v) is 8.46. The minimum Gasteiger partial charge on any atom is -0.328 e. The standard InChI is InChI=1S/C18H25N3/c1-2-21-17-6-4-3-5-16(17)20-18(21)11-15(19)14-10-12-7-8-13(14)9-12/h3-6,12-15H,2,7-11,19H2,1H3. The smallest absolute Gasteiger partial charge is 0.111 e. The van der Waals surface area contributed by atoms with Gasteiger partial charge in [-0.2, -0.15) is 0 Å². The maximum Gasteiger partial charge on any atom is 0.111 e. The predicted octanol–water partition coefficient (Wildman–Crippen LogP) is 3.36. The van der Waals surface area contributed by atoms with Crippen LogP contribution in [-0.2, 0) is 13.0 Å². The van der Waals surface area contributed by atoms with E-state index >= 15 is 0 Å². The molecule has 0 saturated heterocycles. The second kappa shape index (κ2) is 5.13. The zero-order valence-electron chi connectivity index (χ0n) is 12.8. The summed E-state index contributed by atoms with van der Waals surface area (Å²) in [6, 6.07) is 8.71. The van der Waals surface area contributed by atoms with Crippen molar-refractivity contribution in [2.75, 3.05) is 0 Å². The molecule has 2 aliphatic carbocycles. The monoisotopic (exact) mass is 283 g/mol. The van der Waals surface area contributed by atoms with E-state index in [-0.39, 0.29) is 6.04 Å². The van der Waals surface area contributed by atoms with Crippen LogP contribution >= 0.6 is 0 Å². The van der Waals surface area contributed by atoms with Crippen molar-refractivity contribution in [2.45, 2.75) is 51.6 Å². The molecule has 2 bridgehead atoms. The summed E-state index contributed by atoms with van der Waals surface area (Å²) < 4.78 is 2.34. The maximum absolute atomic E-state index is 6.59. The third kappa shape index (κ3) is 2.18. The van der Waals surface area contributed by atoms with Gasteiger partial charge >= 0.3 is 0 Å². The molecule has 1 heterocycles.